The summed E-state index contributed by atoms with van der Waals surface area (Å²) < 4.78 is 16.4. The molecule has 1 amide bonds. The molecule has 0 spiro atoms. The molecule has 1 fully saturated rings. The van der Waals surface area contributed by atoms with Crippen LogP contribution >= 0.6 is 0 Å². The van der Waals surface area contributed by atoms with Crippen molar-refractivity contribution in [1.82, 2.24) is 0 Å². The van der Waals surface area contributed by atoms with Crippen LogP contribution in [0.25, 0.3) is 0 Å². The van der Waals surface area contributed by atoms with Crippen LogP contribution < -0.4 is 9.64 Å². The summed E-state index contributed by atoms with van der Waals surface area (Å²) in [4.78, 5) is 25.4. The Bertz CT molecular complexity index is 786. The Kier molecular flexibility index (Phi) is 6.58. The lowest BCUT2D eigenvalue weighted by atomic mass is 9.97. The van der Waals surface area contributed by atoms with Crippen LogP contribution in [-0.4, -0.2) is 46.1 Å². The molecule has 1 aliphatic heterocycles. The van der Waals surface area contributed by atoms with E-state index in [1.807, 2.05) is 0 Å². The molecule has 0 aromatic heterocycles. The zero-order valence-corrected chi connectivity index (χ0v) is 18.7. The summed E-state index contributed by atoms with van der Waals surface area (Å²) in [6, 6.07) is 6.57. The maximum absolute atomic E-state index is 12.5. The van der Waals surface area contributed by atoms with Gasteiger partial charge in [0.15, 0.2) is 8.32 Å². The molecule has 28 heavy (non-hydrogen) atoms. The van der Waals surface area contributed by atoms with E-state index >= 15 is 0 Å². The van der Waals surface area contributed by atoms with Gasteiger partial charge in [-0.3, -0.25) is 14.5 Å². The highest BCUT2D eigenvalue weighted by Crippen LogP contribution is 2.36. The second kappa shape index (κ2) is 8.37. The van der Waals surface area contributed by atoms with Gasteiger partial charge in [-0.2, -0.15) is 0 Å². The molecule has 0 aliphatic carbocycles. The van der Waals surface area contributed by atoms with E-state index in [0.29, 0.717) is 11.4 Å². The summed E-state index contributed by atoms with van der Waals surface area (Å²) in [5.74, 6) is 5.97. The topological polar surface area (TPSA) is 65.1 Å². The molecule has 1 aliphatic rings. The van der Waals surface area contributed by atoms with Crippen LogP contribution in [0.15, 0.2) is 24.3 Å². The molecule has 0 bridgehead atoms. The van der Waals surface area contributed by atoms with E-state index in [1.165, 1.54) is 11.8 Å². The fourth-order valence-corrected chi connectivity index (χ4v) is 3.37. The minimum Gasteiger partial charge on any atom is -0.497 e. The highest BCUT2D eigenvalue weighted by atomic mass is 28.4. The molecule has 7 heteroatoms. The Morgan fingerprint density at radius 1 is 1.21 bits per heavy atom. The molecule has 152 valence electrons. The lowest BCUT2D eigenvalue weighted by molar-refractivity contribution is -0.158. The second-order valence-electron chi connectivity index (χ2n) is 8.25. The number of benzene rings is 1. The van der Waals surface area contributed by atoms with Crippen LogP contribution in [0.3, 0.4) is 0 Å². The van der Waals surface area contributed by atoms with Crippen LogP contribution in [0, 0.1) is 11.8 Å². The Balaban J connectivity index is 2.16. The number of carbonyl (C=O) groups excluding carboxylic acids is 2. The molecule has 6 nitrogen and oxygen atoms in total. The smallest absolute Gasteiger partial charge is 0.303 e. The first-order valence-electron chi connectivity index (χ1n) is 9.24. The monoisotopic (exact) mass is 403 g/mol. The summed E-state index contributed by atoms with van der Waals surface area (Å²) >= 11 is 0. The van der Waals surface area contributed by atoms with E-state index in [9.17, 15) is 9.59 Å². The fraction of sp³-hybridized carbons (Fsp3) is 0.524. The van der Waals surface area contributed by atoms with E-state index in [-0.39, 0.29) is 17.6 Å². The number of nitrogens with zero attached hydrogens (tertiary/aromatic N) is 1. The molecule has 1 heterocycles. The number of hydrogen-bond acceptors (Lipinski definition) is 5. The van der Waals surface area contributed by atoms with Gasteiger partial charge in [0.25, 0.3) is 5.91 Å². The lowest BCUT2D eigenvalue weighted by Crippen LogP contribution is -2.66. The van der Waals surface area contributed by atoms with Crippen LogP contribution in [0.2, 0.25) is 18.1 Å². The number of esters is 1. The van der Waals surface area contributed by atoms with Gasteiger partial charge in [-0.15, -0.1) is 0 Å². The third-order valence-corrected chi connectivity index (χ3v) is 9.73. The minimum atomic E-state index is -1.90. The van der Waals surface area contributed by atoms with Crippen LogP contribution in [-0.2, 0) is 18.8 Å². The van der Waals surface area contributed by atoms with Crippen molar-refractivity contribution < 1.29 is 23.5 Å². The summed E-state index contributed by atoms with van der Waals surface area (Å²) in [6.45, 7) is 12.4. The number of anilines is 1. The summed E-state index contributed by atoms with van der Waals surface area (Å²) in [5, 5.41) is 0.0938. The van der Waals surface area contributed by atoms with E-state index in [1.54, 1.807) is 31.4 Å². The summed E-state index contributed by atoms with van der Waals surface area (Å²) in [7, 11) is -0.319. The molecule has 2 rings (SSSR count). The van der Waals surface area contributed by atoms with Gasteiger partial charge in [0, 0.05) is 12.6 Å². The number of rotatable bonds is 5. The number of amides is 1. The van der Waals surface area contributed by atoms with Crippen LogP contribution in [0.4, 0.5) is 5.69 Å². The number of ether oxygens (including phenoxy) is 2. The van der Waals surface area contributed by atoms with Crippen LogP contribution in [0.1, 0.15) is 27.7 Å². The molecular weight excluding hydrogens is 374 g/mol. The molecule has 2 unspecified atom stereocenters. The SMILES string of the molecule is COc1ccc(N2C(=O)C(OC(C)=O)C2C#CCO[Si](C)(C)C(C)(C)C)cc1. The van der Waals surface area contributed by atoms with Crippen molar-refractivity contribution in [2.45, 2.75) is 58.0 Å². The van der Waals surface area contributed by atoms with Gasteiger partial charge in [-0.1, -0.05) is 32.6 Å². The quantitative estimate of drug-likeness (QED) is 0.326. The predicted molar refractivity (Wildman–Crippen MR) is 111 cm³/mol. The standard InChI is InChI=1S/C21H29NO5Si/c1-15(23)27-19-18(9-8-14-26-28(6,7)21(2,3)4)22(20(19)24)16-10-12-17(25-5)13-11-16/h10-13,18-19H,14H2,1-7H3. The van der Waals surface area contributed by atoms with Crippen molar-refractivity contribution in [1.29, 1.82) is 0 Å². The van der Waals surface area contributed by atoms with Crippen molar-refractivity contribution >= 4 is 25.9 Å². The second-order valence-corrected chi connectivity index (χ2v) is 13.1. The van der Waals surface area contributed by atoms with Gasteiger partial charge in [-0.25, -0.2) is 0 Å². The van der Waals surface area contributed by atoms with Crippen molar-refractivity contribution in [3.8, 4) is 17.6 Å². The Morgan fingerprint density at radius 2 is 1.82 bits per heavy atom. The van der Waals surface area contributed by atoms with Crippen molar-refractivity contribution in [3.63, 3.8) is 0 Å². The van der Waals surface area contributed by atoms with Gasteiger partial charge < -0.3 is 13.9 Å². The van der Waals surface area contributed by atoms with E-state index in [2.05, 4.69) is 45.7 Å². The molecule has 0 saturated carbocycles. The lowest BCUT2D eigenvalue weighted by Gasteiger charge is -2.43. The highest BCUT2D eigenvalue weighted by Gasteiger charge is 2.50. The van der Waals surface area contributed by atoms with Gasteiger partial charge in [0.2, 0.25) is 6.10 Å². The summed E-state index contributed by atoms with van der Waals surface area (Å²) in [5.41, 5.74) is 0.679. The predicted octanol–water partition coefficient (Wildman–Crippen LogP) is 3.37. The number of hydrogen-bond donors (Lipinski definition) is 0. The highest BCUT2D eigenvalue weighted by molar-refractivity contribution is 6.74. The molecule has 2 atom stereocenters. The number of β-lactam (4-membered cyclic amide) rings is 1. The minimum absolute atomic E-state index is 0.0938. The average Bonchev–Trinajstić information content (AvgIpc) is 2.61. The normalized spacial score (nSPS) is 19.4. The third kappa shape index (κ3) is 4.75. The van der Waals surface area contributed by atoms with Crippen molar-refractivity contribution in [2.24, 2.45) is 0 Å². The van der Waals surface area contributed by atoms with E-state index in [0.717, 1.165) is 0 Å². The largest absolute Gasteiger partial charge is 0.497 e. The van der Waals surface area contributed by atoms with Gasteiger partial charge in [0.1, 0.15) is 11.8 Å². The van der Waals surface area contributed by atoms with Crippen molar-refractivity contribution in [3.05, 3.63) is 24.3 Å². The molecule has 0 radical (unpaired) electrons. The van der Waals surface area contributed by atoms with Gasteiger partial charge >= 0.3 is 5.97 Å². The first kappa shape index (κ1) is 22.0. The van der Waals surface area contributed by atoms with E-state index in [4.69, 9.17) is 13.9 Å². The van der Waals surface area contributed by atoms with Crippen LogP contribution in [0.5, 0.6) is 5.75 Å². The van der Waals surface area contributed by atoms with E-state index < -0.39 is 26.4 Å². The molecule has 1 aromatic carbocycles. The zero-order chi connectivity index (χ0) is 21.1. The first-order valence-corrected chi connectivity index (χ1v) is 12.2. The molecular formula is C21H29NO5Si. The maximum Gasteiger partial charge on any atom is 0.303 e. The van der Waals surface area contributed by atoms with Crippen molar-refractivity contribution in [2.75, 3.05) is 18.6 Å². The Labute approximate surface area is 168 Å². The molecule has 1 saturated heterocycles. The van der Waals surface area contributed by atoms with Gasteiger partial charge in [0.05, 0.1) is 13.7 Å². The Hall–Kier alpha value is -2.30. The zero-order valence-electron chi connectivity index (χ0n) is 17.7. The third-order valence-electron chi connectivity index (χ3n) is 5.25. The fourth-order valence-electron chi connectivity index (χ4n) is 2.51. The molecule has 0 N–H and O–H groups in total. The first-order chi connectivity index (χ1) is 13.0. The maximum atomic E-state index is 12.5. The average molecular weight is 404 g/mol. The summed E-state index contributed by atoms with van der Waals surface area (Å²) in [6.07, 6.45) is -0.889. The Morgan fingerprint density at radius 3 is 2.32 bits per heavy atom. The molecule has 1 aromatic rings. The number of carbonyl (C=O) groups is 2. The number of methoxy groups -OCH3 is 1. The van der Waals surface area contributed by atoms with Gasteiger partial charge in [-0.05, 0) is 42.4 Å².